The van der Waals surface area contributed by atoms with Crippen molar-refractivity contribution >= 4 is 23.5 Å². The van der Waals surface area contributed by atoms with Crippen molar-refractivity contribution in [3.05, 3.63) is 30.3 Å². The molecule has 4 rings (SSSR count). The normalized spacial score (nSPS) is 20.9. The molecule has 0 aliphatic carbocycles. The van der Waals surface area contributed by atoms with Crippen LogP contribution in [0.1, 0.15) is 6.92 Å². The van der Waals surface area contributed by atoms with Crippen LogP contribution in [0.15, 0.2) is 30.3 Å². The average molecular weight is 356 g/mol. The minimum Gasteiger partial charge on any atom is -0.378 e. The average Bonchev–Trinajstić information content (AvgIpc) is 2.69. The fourth-order valence-electron chi connectivity index (χ4n) is 3.12. The number of ether oxygens (including phenoxy) is 2. The fraction of sp³-hybridized carbons (Fsp3) is 0.500. The molecule has 0 bridgehead atoms. The molecular formula is C18H24N6O2. The van der Waals surface area contributed by atoms with E-state index in [0.29, 0.717) is 44.3 Å². The summed E-state index contributed by atoms with van der Waals surface area (Å²) >= 11 is 0. The lowest BCUT2D eigenvalue weighted by Crippen LogP contribution is -2.45. The van der Waals surface area contributed by atoms with Crippen molar-refractivity contribution in [3.8, 4) is 0 Å². The van der Waals surface area contributed by atoms with Crippen LogP contribution in [-0.4, -0.2) is 67.1 Å². The first-order chi connectivity index (χ1) is 12.8. The highest BCUT2D eigenvalue weighted by Crippen LogP contribution is 2.22. The number of nitrogens with zero attached hydrogens (tertiary/aromatic N) is 5. The number of hydrogen-bond acceptors (Lipinski definition) is 8. The molecule has 0 unspecified atom stereocenters. The van der Waals surface area contributed by atoms with Crippen LogP contribution in [0.25, 0.3) is 0 Å². The van der Waals surface area contributed by atoms with Gasteiger partial charge in [0.2, 0.25) is 17.8 Å². The lowest BCUT2D eigenvalue weighted by atomic mass is 10.3. The molecule has 1 N–H and O–H groups in total. The topological polar surface area (TPSA) is 75.6 Å². The van der Waals surface area contributed by atoms with E-state index in [0.717, 1.165) is 25.3 Å². The molecule has 0 spiro atoms. The highest BCUT2D eigenvalue weighted by atomic mass is 16.5. The molecule has 26 heavy (non-hydrogen) atoms. The van der Waals surface area contributed by atoms with Gasteiger partial charge in [-0.3, -0.25) is 0 Å². The Morgan fingerprint density at radius 3 is 2.42 bits per heavy atom. The van der Waals surface area contributed by atoms with Crippen molar-refractivity contribution in [2.24, 2.45) is 0 Å². The summed E-state index contributed by atoms with van der Waals surface area (Å²) < 4.78 is 11.0. The quantitative estimate of drug-likeness (QED) is 0.887. The number of anilines is 4. The smallest absolute Gasteiger partial charge is 0.233 e. The van der Waals surface area contributed by atoms with Crippen LogP contribution in [0.4, 0.5) is 23.5 Å². The van der Waals surface area contributed by atoms with Gasteiger partial charge in [-0.2, -0.15) is 15.0 Å². The van der Waals surface area contributed by atoms with Crippen molar-refractivity contribution in [1.29, 1.82) is 0 Å². The molecule has 2 aromatic rings. The van der Waals surface area contributed by atoms with Gasteiger partial charge in [0.1, 0.15) is 0 Å². The zero-order valence-corrected chi connectivity index (χ0v) is 15.0. The molecule has 0 amide bonds. The Morgan fingerprint density at radius 1 is 0.923 bits per heavy atom. The van der Waals surface area contributed by atoms with Gasteiger partial charge >= 0.3 is 0 Å². The summed E-state index contributed by atoms with van der Waals surface area (Å²) in [5.41, 5.74) is 0.951. The number of morpholine rings is 2. The highest BCUT2D eigenvalue weighted by Gasteiger charge is 2.24. The Labute approximate surface area is 153 Å². The molecular weight excluding hydrogens is 332 g/mol. The SMILES string of the molecule is C[C@H]1COCCN1c1nc(Nc2ccccc2)nc(N2CCOCC2)n1. The van der Waals surface area contributed by atoms with Gasteiger partial charge < -0.3 is 24.6 Å². The van der Waals surface area contributed by atoms with Gasteiger partial charge in [-0.05, 0) is 19.1 Å². The van der Waals surface area contributed by atoms with Crippen LogP contribution < -0.4 is 15.1 Å². The van der Waals surface area contributed by atoms with Gasteiger partial charge in [0, 0.05) is 25.3 Å². The third kappa shape index (κ3) is 3.86. The maximum absolute atomic E-state index is 5.55. The zero-order valence-electron chi connectivity index (χ0n) is 15.0. The second-order valence-electron chi connectivity index (χ2n) is 6.47. The standard InChI is InChI=1S/C18H24N6O2/c1-14-13-26-12-9-24(14)18-21-16(19-15-5-3-2-4-6-15)20-17(22-18)23-7-10-25-11-8-23/h2-6,14H,7-13H2,1H3,(H,19,20,21,22)/t14-/m0/s1. The molecule has 0 saturated carbocycles. The summed E-state index contributed by atoms with van der Waals surface area (Å²) in [5, 5.41) is 3.30. The molecule has 138 valence electrons. The number of aromatic nitrogens is 3. The van der Waals surface area contributed by atoms with E-state index in [1.54, 1.807) is 0 Å². The summed E-state index contributed by atoms with van der Waals surface area (Å²) in [6.07, 6.45) is 0. The molecule has 1 atom stereocenters. The van der Waals surface area contributed by atoms with Crippen LogP contribution in [0.5, 0.6) is 0 Å². The van der Waals surface area contributed by atoms with Gasteiger partial charge in [-0.25, -0.2) is 0 Å². The molecule has 2 fully saturated rings. The Morgan fingerprint density at radius 2 is 1.65 bits per heavy atom. The maximum atomic E-state index is 5.55. The van der Waals surface area contributed by atoms with E-state index in [1.165, 1.54) is 0 Å². The van der Waals surface area contributed by atoms with E-state index in [1.807, 2.05) is 30.3 Å². The molecule has 8 nitrogen and oxygen atoms in total. The molecule has 2 aliphatic rings. The number of benzene rings is 1. The molecule has 3 heterocycles. The molecule has 2 aliphatic heterocycles. The minimum atomic E-state index is 0.230. The Balaban J connectivity index is 1.66. The summed E-state index contributed by atoms with van der Waals surface area (Å²) in [4.78, 5) is 18.4. The Hall–Kier alpha value is -2.45. The van der Waals surface area contributed by atoms with Crippen molar-refractivity contribution in [2.75, 3.05) is 61.2 Å². The Bertz CT molecular complexity index is 723. The van der Waals surface area contributed by atoms with Crippen molar-refractivity contribution in [2.45, 2.75) is 13.0 Å². The van der Waals surface area contributed by atoms with Gasteiger partial charge in [-0.1, -0.05) is 18.2 Å². The largest absolute Gasteiger partial charge is 0.378 e. The highest BCUT2D eigenvalue weighted by molar-refractivity contribution is 5.56. The fourth-order valence-corrected chi connectivity index (χ4v) is 3.12. The number of hydrogen-bond donors (Lipinski definition) is 1. The third-order valence-electron chi connectivity index (χ3n) is 4.56. The van der Waals surface area contributed by atoms with Crippen molar-refractivity contribution in [1.82, 2.24) is 15.0 Å². The van der Waals surface area contributed by atoms with Crippen molar-refractivity contribution < 1.29 is 9.47 Å². The molecule has 2 saturated heterocycles. The lowest BCUT2D eigenvalue weighted by molar-refractivity contribution is 0.0980. The Kier molecular flexibility index (Phi) is 5.12. The summed E-state index contributed by atoms with van der Waals surface area (Å²) in [6, 6.07) is 10.2. The van der Waals surface area contributed by atoms with E-state index >= 15 is 0 Å². The van der Waals surface area contributed by atoms with Crippen LogP contribution >= 0.6 is 0 Å². The first-order valence-electron chi connectivity index (χ1n) is 9.05. The van der Waals surface area contributed by atoms with Gasteiger partial charge in [0.25, 0.3) is 0 Å². The van der Waals surface area contributed by atoms with Crippen LogP contribution in [0.2, 0.25) is 0 Å². The van der Waals surface area contributed by atoms with E-state index in [9.17, 15) is 0 Å². The van der Waals surface area contributed by atoms with E-state index < -0.39 is 0 Å². The van der Waals surface area contributed by atoms with Gasteiger partial charge in [0.05, 0.1) is 32.5 Å². The van der Waals surface area contributed by atoms with E-state index in [-0.39, 0.29) is 6.04 Å². The lowest BCUT2D eigenvalue weighted by Gasteiger charge is -2.34. The van der Waals surface area contributed by atoms with Crippen molar-refractivity contribution in [3.63, 3.8) is 0 Å². The predicted molar refractivity (Wildman–Crippen MR) is 100 cm³/mol. The molecule has 1 aromatic heterocycles. The maximum Gasteiger partial charge on any atom is 0.233 e. The molecule has 0 radical (unpaired) electrons. The molecule has 8 heteroatoms. The number of nitrogens with one attached hydrogen (secondary N) is 1. The van der Waals surface area contributed by atoms with Gasteiger partial charge in [0.15, 0.2) is 0 Å². The predicted octanol–water partition coefficient (Wildman–Crippen LogP) is 1.68. The van der Waals surface area contributed by atoms with Gasteiger partial charge in [-0.15, -0.1) is 0 Å². The summed E-state index contributed by atoms with van der Waals surface area (Å²) in [7, 11) is 0. The van der Waals surface area contributed by atoms with Crippen LogP contribution in [-0.2, 0) is 9.47 Å². The summed E-state index contributed by atoms with van der Waals surface area (Å²) in [6.45, 7) is 7.22. The zero-order chi connectivity index (χ0) is 17.8. The molecule has 1 aromatic carbocycles. The number of rotatable bonds is 4. The third-order valence-corrected chi connectivity index (χ3v) is 4.56. The van der Waals surface area contributed by atoms with E-state index in [4.69, 9.17) is 14.5 Å². The first kappa shape index (κ1) is 17.0. The second kappa shape index (κ2) is 7.84. The number of para-hydroxylation sites is 1. The summed E-state index contributed by atoms with van der Waals surface area (Å²) in [5.74, 6) is 1.94. The van der Waals surface area contributed by atoms with Crippen LogP contribution in [0, 0.1) is 0 Å². The minimum absolute atomic E-state index is 0.230. The monoisotopic (exact) mass is 356 g/mol. The van der Waals surface area contributed by atoms with E-state index in [2.05, 4.69) is 32.0 Å². The second-order valence-corrected chi connectivity index (χ2v) is 6.47. The van der Waals surface area contributed by atoms with Crippen LogP contribution in [0.3, 0.4) is 0 Å². The first-order valence-corrected chi connectivity index (χ1v) is 9.05.